The van der Waals surface area contributed by atoms with Crippen molar-refractivity contribution in [1.29, 1.82) is 0 Å². The van der Waals surface area contributed by atoms with Gasteiger partial charge >= 0.3 is 6.09 Å². The fourth-order valence-electron chi connectivity index (χ4n) is 1.97. The van der Waals surface area contributed by atoms with Gasteiger partial charge in [0, 0.05) is 25.8 Å². The van der Waals surface area contributed by atoms with Gasteiger partial charge in [-0.3, -0.25) is 0 Å². The molecule has 0 saturated carbocycles. The first-order chi connectivity index (χ1) is 8.25. The van der Waals surface area contributed by atoms with E-state index in [4.69, 9.17) is 5.11 Å². The summed E-state index contributed by atoms with van der Waals surface area (Å²) in [7, 11) is 0. The van der Waals surface area contributed by atoms with Gasteiger partial charge in [-0.05, 0) is 24.8 Å². The van der Waals surface area contributed by atoms with Crippen LogP contribution in [0, 0.1) is 5.92 Å². The second kappa shape index (κ2) is 5.47. The number of rotatable bonds is 3. The lowest BCUT2D eigenvalue weighted by Gasteiger charge is -2.30. The SMILES string of the molecule is O=C(O)N1CCC(CNc2ccncn2)CC1. The summed E-state index contributed by atoms with van der Waals surface area (Å²) in [5, 5.41) is 12.1. The summed E-state index contributed by atoms with van der Waals surface area (Å²) in [5.74, 6) is 1.33. The Bertz CT molecular complexity index is 363. The van der Waals surface area contributed by atoms with Crippen LogP contribution in [0.25, 0.3) is 0 Å². The minimum absolute atomic E-state index is 0.514. The van der Waals surface area contributed by atoms with Crippen LogP contribution in [0.1, 0.15) is 12.8 Å². The lowest BCUT2D eigenvalue weighted by Crippen LogP contribution is -2.39. The predicted octanol–water partition coefficient (Wildman–Crippen LogP) is 1.28. The van der Waals surface area contributed by atoms with Crippen molar-refractivity contribution in [2.45, 2.75) is 12.8 Å². The van der Waals surface area contributed by atoms with Crippen molar-refractivity contribution in [3.63, 3.8) is 0 Å². The summed E-state index contributed by atoms with van der Waals surface area (Å²) in [6, 6.07) is 1.83. The maximum absolute atomic E-state index is 10.7. The Morgan fingerprint density at radius 1 is 1.53 bits per heavy atom. The van der Waals surface area contributed by atoms with Gasteiger partial charge < -0.3 is 15.3 Å². The largest absolute Gasteiger partial charge is 0.465 e. The molecule has 1 fully saturated rings. The number of aromatic nitrogens is 2. The minimum Gasteiger partial charge on any atom is -0.465 e. The molecule has 0 aromatic carbocycles. The fraction of sp³-hybridized carbons (Fsp3) is 0.545. The Hall–Kier alpha value is -1.85. The van der Waals surface area contributed by atoms with Gasteiger partial charge in [-0.2, -0.15) is 0 Å². The van der Waals surface area contributed by atoms with E-state index in [2.05, 4.69) is 15.3 Å². The van der Waals surface area contributed by atoms with Gasteiger partial charge in [-0.1, -0.05) is 0 Å². The number of amides is 1. The number of hydrogen-bond acceptors (Lipinski definition) is 4. The molecule has 92 valence electrons. The molecule has 6 nitrogen and oxygen atoms in total. The van der Waals surface area contributed by atoms with Crippen LogP contribution in [0.4, 0.5) is 10.6 Å². The molecule has 1 saturated heterocycles. The van der Waals surface area contributed by atoms with Crippen molar-refractivity contribution < 1.29 is 9.90 Å². The van der Waals surface area contributed by atoms with Crippen LogP contribution >= 0.6 is 0 Å². The zero-order valence-electron chi connectivity index (χ0n) is 9.54. The van der Waals surface area contributed by atoms with Crippen molar-refractivity contribution >= 4 is 11.9 Å². The molecule has 2 N–H and O–H groups in total. The van der Waals surface area contributed by atoms with E-state index in [1.165, 1.54) is 11.2 Å². The van der Waals surface area contributed by atoms with Gasteiger partial charge in [0.15, 0.2) is 0 Å². The quantitative estimate of drug-likeness (QED) is 0.826. The fourth-order valence-corrected chi connectivity index (χ4v) is 1.97. The molecule has 1 aliphatic rings. The van der Waals surface area contributed by atoms with E-state index in [-0.39, 0.29) is 0 Å². The molecule has 0 radical (unpaired) electrons. The second-order valence-corrected chi connectivity index (χ2v) is 4.19. The Kier molecular flexibility index (Phi) is 3.74. The van der Waals surface area contributed by atoms with Crippen LogP contribution < -0.4 is 5.32 Å². The van der Waals surface area contributed by atoms with Crippen molar-refractivity contribution in [1.82, 2.24) is 14.9 Å². The summed E-state index contributed by atoms with van der Waals surface area (Å²) >= 11 is 0. The highest BCUT2D eigenvalue weighted by atomic mass is 16.4. The number of nitrogens with zero attached hydrogens (tertiary/aromatic N) is 3. The Morgan fingerprint density at radius 3 is 2.88 bits per heavy atom. The highest BCUT2D eigenvalue weighted by Crippen LogP contribution is 2.17. The monoisotopic (exact) mass is 236 g/mol. The highest BCUT2D eigenvalue weighted by Gasteiger charge is 2.21. The van der Waals surface area contributed by atoms with E-state index in [9.17, 15) is 4.79 Å². The standard InChI is InChI=1S/C11H16N4O2/c16-11(17)15-5-2-9(3-6-15)7-13-10-1-4-12-8-14-10/h1,4,8-9H,2-3,5-7H2,(H,16,17)(H,12,13,14). The number of piperidine rings is 1. The Labute approximate surface area is 99.7 Å². The number of anilines is 1. The van der Waals surface area contributed by atoms with Crippen molar-refractivity contribution in [3.8, 4) is 0 Å². The van der Waals surface area contributed by atoms with Crippen LogP contribution in [0.2, 0.25) is 0 Å². The minimum atomic E-state index is -0.813. The van der Waals surface area contributed by atoms with Gasteiger partial charge in [-0.25, -0.2) is 14.8 Å². The molecule has 0 aliphatic carbocycles. The smallest absolute Gasteiger partial charge is 0.407 e. The molecule has 2 rings (SSSR count). The number of carbonyl (C=O) groups is 1. The molecule has 0 unspecified atom stereocenters. The molecule has 6 heteroatoms. The first-order valence-corrected chi connectivity index (χ1v) is 5.73. The molecule has 0 atom stereocenters. The van der Waals surface area contributed by atoms with Gasteiger partial charge in [-0.15, -0.1) is 0 Å². The van der Waals surface area contributed by atoms with E-state index in [1.807, 2.05) is 6.07 Å². The number of carboxylic acid groups (broad SMARTS) is 1. The molecule has 2 heterocycles. The molecule has 1 aromatic rings. The number of likely N-dealkylation sites (tertiary alicyclic amines) is 1. The predicted molar refractivity (Wildman–Crippen MR) is 62.8 cm³/mol. The molecule has 1 aromatic heterocycles. The van der Waals surface area contributed by atoms with E-state index < -0.39 is 6.09 Å². The van der Waals surface area contributed by atoms with Crippen molar-refractivity contribution in [2.75, 3.05) is 25.0 Å². The van der Waals surface area contributed by atoms with E-state index in [0.29, 0.717) is 19.0 Å². The summed E-state index contributed by atoms with van der Waals surface area (Å²) < 4.78 is 0. The zero-order chi connectivity index (χ0) is 12.1. The van der Waals surface area contributed by atoms with E-state index in [0.717, 1.165) is 25.2 Å². The molecular weight excluding hydrogens is 220 g/mol. The Balaban J connectivity index is 1.74. The number of nitrogens with one attached hydrogen (secondary N) is 1. The topological polar surface area (TPSA) is 78.4 Å². The van der Waals surface area contributed by atoms with E-state index in [1.54, 1.807) is 6.20 Å². The number of hydrogen-bond donors (Lipinski definition) is 2. The third kappa shape index (κ3) is 3.30. The lowest BCUT2D eigenvalue weighted by atomic mass is 9.97. The maximum atomic E-state index is 10.7. The van der Waals surface area contributed by atoms with Gasteiger partial charge in [0.1, 0.15) is 12.1 Å². The summed E-state index contributed by atoms with van der Waals surface area (Å²) in [6.07, 6.45) is 4.21. The van der Waals surface area contributed by atoms with Gasteiger partial charge in [0.05, 0.1) is 0 Å². The van der Waals surface area contributed by atoms with E-state index >= 15 is 0 Å². The second-order valence-electron chi connectivity index (χ2n) is 4.19. The summed E-state index contributed by atoms with van der Waals surface area (Å²) in [6.45, 7) is 2.10. The first kappa shape index (κ1) is 11.6. The maximum Gasteiger partial charge on any atom is 0.407 e. The third-order valence-corrected chi connectivity index (χ3v) is 3.04. The highest BCUT2D eigenvalue weighted by molar-refractivity contribution is 5.64. The first-order valence-electron chi connectivity index (χ1n) is 5.73. The van der Waals surface area contributed by atoms with Crippen LogP contribution in [0.5, 0.6) is 0 Å². The molecule has 0 spiro atoms. The molecular formula is C11H16N4O2. The van der Waals surface area contributed by atoms with Crippen molar-refractivity contribution in [3.05, 3.63) is 18.6 Å². The Morgan fingerprint density at radius 2 is 2.29 bits per heavy atom. The normalized spacial score (nSPS) is 16.8. The lowest BCUT2D eigenvalue weighted by molar-refractivity contribution is 0.126. The average molecular weight is 236 g/mol. The van der Waals surface area contributed by atoms with Crippen LogP contribution in [-0.4, -0.2) is 45.7 Å². The third-order valence-electron chi connectivity index (χ3n) is 3.04. The summed E-state index contributed by atoms with van der Waals surface area (Å²) in [4.78, 5) is 20.1. The zero-order valence-corrected chi connectivity index (χ0v) is 9.54. The van der Waals surface area contributed by atoms with Gasteiger partial charge in [0.25, 0.3) is 0 Å². The van der Waals surface area contributed by atoms with Crippen LogP contribution in [-0.2, 0) is 0 Å². The van der Waals surface area contributed by atoms with Crippen molar-refractivity contribution in [2.24, 2.45) is 5.92 Å². The molecule has 1 amide bonds. The molecule has 17 heavy (non-hydrogen) atoms. The summed E-state index contributed by atoms with van der Waals surface area (Å²) in [5.41, 5.74) is 0. The van der Waals surface area contributed by atoms with Gasteiger partial charge in [0.2, 0.25) is 0 Å². The average Bonchev–Trinajstić information content (AvgIpc) is 2.38. The van der Waals surface area contributed by atoms with Crippen LogP contribution in [0.15, 0.2) is 18.6 Å². The van der Waals surface area contributed by atoms with Crippen LogP contribution in [0.3, 0.4) is 0 Å². The molecule has 0 bridgehead atoms. The molecule has 1 aliphatic heterocycles.